The van der Waals surface area contributed by atoms with Crippen LogP contribution in [0.3, 0.4) is 0 Å². The van der Waals surface area contributed by atoms with Crippen LogP contribution >= 0.6 is 0 Å². The van der Waals surface area contributed by atoms with E-state index in [4.69, 9.17) is 4.42 Å². The molecule has 8 rings (SSSR count). The van der Waals surface area contributed by atoms with Gasteiger partial charge in [0, 0.05) is 0 Å². The van der Waals surface area contributed by atoms with E-state index in [1.165, 1.54) is 79.8 Å². The summed E-state index contributed by atoms with van der Waals surface area (Å²) in [5.74, 6) is 1.88. The summed E-state index contributed by atoms with van der Waals surface area (Å²) in [7, 11) is 0. The summed E-state index contributed by atoms with van der Waals surface area (Å²) in [5, 5.41) is 5.25. The van der Waals surface area contributed by atoms with Crippen molar-refractivity contribution in [2.75, 3.05) is 0 Å². The summed E-state index contributed by atoms with van der Waals surface area (Å²) < 4.78 is 7.55. The number of rotatable bonds is 3. The van der Waals surface area contributed by atoms with Crippen molar-refractivity contribution < 1.29 is 53.5 Å². The molecule has 7 aromatic rings. The van der Waals surface area contributed by atoms with E-state index in [-0.39, 0.29) is 24.8 Å². The zero-order chi connectivity index (χ0) is 30.6. The molecule has 1 saturated carbocycles. The van der Waals surface area contributed by atoms with E-state index in [1.54, 1.807) is 27.4 Å². The monoisotopic (exact) mass is 718 g/mol. The van der Waals surface area contributed by atoms with Crippen LogP contribution in [-0.4, -0.2) is 3.21 Å². The Labute approximate surface area is 300 Å². The summed E-state index contributed by atoms with van der Waals surface area (Å²) in [6.45, 7) is 8.49. The van der Waals surface area contributed by atoms with Gasteiger partial charge in [-0.25, -0.2) is 0 Å². The van der Waals surface area contributed by atoms with Crippen molar-refractivity contribution in [2.45, 2.75) is 47.0 Å². The van der Waals surface area contributed by atoms with Gasteiger partial charge < -0.3 is 29.2 Å². The van der Waals surface area contributed by atoms with Crippen molar-refractivity contribution in [1.29, 1.82) is 0 Å². The van der Waals surface area contributed by atoms with Crippen LogP contribution in [0.1, 0.15) is 41.7 Å². The summed E-state index contributed by atoms with van der Waals surface area (Å²) in [6.07, 6.45) is 4.36. The quantitative estimate of drug-likeness (QED) is 0.209. The molecule has 0 bridgehead atoms. The molecule has 1 fully saturated rings. The van der Waals surface area contributed by atoms with Gasteiger partial charge in [0.05, 0.1) is 11.5 Å². The van der Waals surface area contributed by atoms with Crippen LogP contribution in [0.4, 0.5) is 0 Å². The van der Waals surface area contributed by atoms with Gasteiger partial charge in [-0.05, 0) is 49.6 Å². The van der Waals surface area contributed by atoms with Crippen LogP contribution in [-0.2, 0) is 24.2 Å². The molecule has 0 spiro atoms. The molecule has 0 atom stereocenters. The van der Waals surface area contributed by atoms with Crippen LogP contribution in [0.15, 0.2) is 126 Å². The van der Waals surface area contributed by atoms with Crippen molar-refractivity contribution in [3.63, 3.8) is 0 Å². The zero-order valence-electron chi connectivity index (χ0n) is 26.8. The molecule has 0 N–H and O–H groups in total. The third-order valence-corrected chi connectivity index (χ3v) is 9.68. The van der Waals surface area contributed by atoms with Gasteiger partial charge in [-0.2, -0.15) is 6.07 Å². The normalized spacial score (nSPS) is 11.8. The van der Waals surface area contributed by atoms with Gasteiger partial charge in [0.1, 0.15) is 0 Å². The minimum absolute atomic E-state index is 0. The molecule has 1 heterocycles. The predicted octanol–water partition coefficient (Wildman–Crippen LogP) is 5.84. The van der Waals surface area contributed by atoms with Crippen molar-refractivity contribution in [3.05, 3.63) is 144 Å². The zero-order valence-corrected chi connectivity index (χ0v) is 30.8. The second-order valence-electron chi connectivity index (χ2n) is 11.9. The molecule has 0 unspecified atom stereocenters. The number of furan rings is 1. The Morgan fingerprint density at radius 2 is 1.09 bits per heavy atom. The average Bonchev–Trinajstić information content (AvgIpc) is 3.75. The average molecular weight is 721 g/mol. The number of aryl methyl sites for hydroxylation is 4. The Balaban J connectivity index is 0.000000178. The Kier molecular flexibility index (Phi) is 12.4. The number of hydrogen-bond donors (Lipinski definition) is 0. The summed E-state index contributed by atoms with van der Waals surface area (Å²) in [4.78, 5) is 0. The molecule has 6 aromatic carbocycles. The van der Waals surface area contributed by atoms with Gasteiger partial charge in [-0.3, -0.25) is 0 Å². The molecule has 232 valence electrons. The maximum absolute atomic E-state index is 5.77. The van der Waals surface area contributed by atoms with Crippen LogP contribution in [0, 0.1) is 27.7 Å². The fourth-order valence-electron chi connectivity index (χ4n) is 5.99. The van der Waals surface area contributed by atoms with E-state index in [1.807, 2.05) is 19.1 Å². The molecule has 46 heavy (non-hydrogen) atoms. The van der Waals surface area contributed by atoms with Crippen LogP contribution < -0.4 is 24.8 Å². The maximum atomic E-state index is 5.77. The van der Waals surface area contributed by atoms with Crippen LogP contribution in [0.2, 0.25) is 0 Å². The molecule has 1 aliphatic carbocycles. The van der Waals surface area contributed by atoms with Crippen molar-refractivity contribution in [3.8, 4) is 33.6 Å². The van der Waals surface area contributed by atoms with Gasteiger partial charge in [-0.15, -0.1) is 63.5 Å². The third kappa shape index (κ3) is 7.98. The van der Waals surface area contributed by atoms with E-state index in [0.29, 0.717) is 0 Å². The standard InChI is InChI=1S/C21H17O.C17H15.C4H6.2ClH.Zr/c1-14-8-10-17-12-18(20-11-9-15(2)22-20)13-19(17)21(14)16-6-4-3-5-7-16;1-12-10-15-9-8-13(2)17(16(15)11-12)14-6-4-3-5-7-14;1-2-4-3-1;;;/h3-13H,1-2H3;3-11H,1-2H3;1-3H2;2*1H;/q2*-1;;;;+2/p-2. The number of benzene rings is 4. The second-order valence-corrected chi connectivity index (χ2v) is 13.6. The summed E-state index contributed by atoms with van der Waals surface area (Å²) in [6, 6.07) is 43.1. The second kappa shape index (κ2) is 16.0. The van der Waals surface area contributed by atoms with Crippen molar-refractivity contribution in [1.82, 2.24) is 0 Å². The molecule has 4 heteroatoms. The molecule has 1 nitrogen and oxygen atoms in total. The van der Waals surface area contributed by atoms with Gasteiger partial charge in [0.15, 0.2) is 0 Å². The first-order chi connectivity index (χ1) is 21.4. The molecular weight excluding hydrogens is 683 g/mol. The molecule has 0 amide bonds. The van der Waals surface area contributed by atoms with Crippen molar-refractivity contribution >= 4 is 24.8 Å². The van der Waals surface area contributed by atoms with Gasteiger partial charge in [0.25, 0.3) is 0 Å². The Hall–Kier alpha value is -3.29. The summed E-state index contributed by atoms with van der Waals surface area (Å²) in [5.41, 5.74) is 10.4. The molecule has 0 aliphatic heterocycles. The van der Waals surface area contributed by atoms with E-state index in [9.17, 15) is 0 Å². The van der Waals surface area contributed by atoms with E-state index in [2.05, 4.69) is 130 Å². The first-order valence-electron chi connectivity index (χ1n) is 15.5. The number of fused-ring (bicyclic) bond motifs is 2. The minimum atomic E-state index is 0. The van der Waals surface area contributed by atoms with Crippen LogP contribution in [0.5, 0.6) is 0 Å². The van der Waals surface area contributed by atoms with Crippen LogP contribution in [0.25, 0.3) is 55.1 Å². The van der Waals surface area contributed by atoms with E-state index < -0.39 is 0 Å². The van der Waals surface area contributed by atoms with Gasteiger partial charge in [0.2, 0.25) is 0 Å². The Morgan fingerprint density at radius 3 is 1.54 bits per heavy atom. The summed E-state index contributed by atoms with van der Waals surface area (Å²) >= 11 is 1.67. The fraction of sp³-hybridized carbons (Fsp3) is 0.167. The van der Waals surface area contributed by atoms with Gasteiger partial charge in [-0.1, -0.05) is 95.9 Å². The SMILES string of the molecule is Cc1cc2c(-c3ccccc3)c(C)ccc2[cH-]1.Cc1ccc(-c2cc3c(-c4ccccc4)c(C)ccc3[cH-]2)o1.[Cl-].[Cl-].[Zr+2]=[C]1CCC1. The predicted molar refractivity (Wildman–Crippen MR) is 185 cm³/mol. The number of hydrogen-bond acceptors (Lipinski definition) is 1. The third-order valence-electron chi connectivity index (χ3n) is 8.45. The fourth-order valence-corrected chi connectivity index (χ4v) is 6.86. The first-order valence-corrected chi connectivity index (χ1v) is 16.7. The molecule has 0 saturated heterocycles. The molecule has 0 radical (unpaired) electrons. The van der Waals surface area contributed by atoms with E-state index >= 15 is 0 Å². The number of halogens is 2. The van der Waals surface area contributed by atoms with Crippen molar-refractivity contribution in [2.24, 2.45) is 0 Å². The Bertz CT molecular complexity index is 2040. The first kappa shape index (κ1) is 35.6. The molecule has 1 aliphatic rings. The Morgan fingerprint density at radius 1 is 0.587 bits per heavy atom. The molecule has 1 aromatic heterocycles. The van der Waals surface area contributed by atoms with E-state index in [0.717, 1.165) is 17.1 Å². The topological polar surface area (TPSA) is 13.1 Å². The van der Waals surface area contributed by atoms with Gasteiger partial charge >= 0.3 is 46.7 Å². The molecular formula is C42H38Cl2OZr-2.